The van der Waals surface area contributed by atoms with Crippen LogP contribution in [0.2, 0.25) is 0 Å². The van der Waals surface area contributed by atoms with E-state index < -0.39 is 12.1 Å². The average molecular weight is 159 g/mol. The molecule has 0 radical (unpaired) electrons. The van der Waals surface area contributed by atoms with Crippen molar-refractivity contribution in [2.75, 3.05) is 6.54 Å². The van der Waals surface area contributed by atoms with E-state index in [1.165, 1.54) is 11.8 Å². The Morgan fingerprint density at radius 1 is 1.55 bits per heavy atom. The van der Waals surface area contributed by atoms with Gasteiger partial charge in [-0.3, -0.25) is 9.59 Å². The third-order valence-electron chi connectivity index (χ3n) is 1.92. The van der Waals surface area contributed by atoms with Gasteiger partial charge in [-0.1, -0.05) is 0 Å². The van der Waals surface area contributed by atoms with Gasteiger partial charge < -0.3 is 4.90 Å². The number of amides is 1. The Bertz CT molecular complexity index is 173. The summed E-state index contributed by atoms with van der Waals surface area (Å²) in [4.78, 5) is 22.3. The Morgan fingerprint density at radius 2 is 2.18 bits per heavy atom. The zero-order valence-electron chi connectivity index (χ0n) is 6.34. The van der Waals surface area contributed by atoms with Gasteiger partial charge in [0.1, 0.15) is 6.04 Å². The summed E-state index contributed by atoms with van der Waals surface area (Å²) in [5.74, 6) is -0.224. The van der Waals surface area contributed by atoms with Crippen LogP contribution >= 0.6 is 0 Å². The van der Waals surface area contributed by atoms with Gasteiger partial charge in [-0.05, 0) is 12.8 Å². The van der Waals surface area contributed by atoms with Crippen LogP contribution in [0, 0.1) is 0 Å². The van der Waals surface area contributed by atoms with Crippen LogP contribution in [0.25, 0.3) is 0 Å². The Morgan fingerprint density at radius 3 is 2.55 bits per heavy atom. The number of halogens is 1. The first-order chi connectivity index (χ1) is 5.13. The van der Waals surface area contributed by atoms with E-state index in [0.717, 1.165) is 6.42 Å². The van der Waals surface area contributed by atoms with E-state index in [0.29, 0.717) is 13.0 Å². The summed E-state index contributed by atoms with van der Waals surface area (Å²) in [5.41, 5.74) is 0. The molecule has 1 amide bonds. The second kappa shape index (κ2) is 2.98. The van der Waals surface area contributed by atoms with Gasteiger partial charge in [0.05, 0.1) is 0 Å². The van der Waals surface area contributed by atoms with E-state index in [1.54, 1.807) is 0 Å². The maximum absolute atomic E-state index is 12.2. The molecule has 1 rings (SSSR count). The second-order valence-corrected chi connectivity index (χ2v) is 2.67. The molecule has 1 saturated heterocycles. The van der Waals surface area contributed by atoms with Gasteiger partial charge >= 0.3 is 6.04 Å². The lowest BCUT2D eigenvalue weighted by molar-refractivity contribution is -0.141. The van der Waals surface area contributed by atoms with Crippen molar-refractivity contribution >= 4 is 11.9 Å². The molecule has 11 heavy (non-hydrogen) atoms. The summed E-state index contributed by atoms with van der Waals surface area (Å²) in [6, 6.07) is -2.19. The summed E-state index contributed by atoms with van der Waals surface area (Å²) in [6.45, 7) is 1.86. The van der Waals surface area contributed by atoms with E-state index in [1.807, 2.05) is 0 Å². The first-order valence-corrected chi connectivity index (χ1v) is 3.59. The molecule has 1 heterocycles. The lowest BCUT2D eigenvalue weighted by Crippen LogP contribution is -2.37. The highest BCUT2D eigenvalue weighted by atomic mass is 19.1. The minimum absolute atomic E-state index is 0.224. The lowest BCUT2D eigenvalue weighted by atomic mass is 10.2. The molecule has 1 aliphatic heterocycles. The highest BCUT2D eigenvalue weighted by molar-refractivity contribution is 5.83. The molecule has 1 unspecified atom stereocenters. The molecule has 0 aromatic carbocycles. The van der Waals surface area contributed by atoms with Crippen LogP contribution in [0.4, 0.5) is 4.39 Å². The smallest absolute Gasteiger partial charge is 0.323 e. The molecule has 0 aromatic rings. The molecule has 0 bridgehead atoms. The van der Waals surface area contributed by atoms with Crippen LogP contribution < -0.4 is 0 Å². The van der Waals surface area contributed by atoms with Crippen LogP contribution in [0.1, 0.15) is 19.8 Å². The van der Waals surface area contributed by atoms with Crippen LogP contribution in [0.3, 0.4) is 0 Å². The van der Waals surface area contributed by atoms with Crippen molar-refractivity contribution < 1.29 is 14.0 Å². The molecule has 4 heteroatoms. The van der Waals surface area contributed by atoms with E-state index >= 15 is 0 Å². The molecule has 0 saturated carbocycles. The summed E-state index contributed by atoms with van der Waals surface area (Å²) in [5, 5.41) is 0. The van der Waals surface area contributed by atoms with Crippen molar-refractivity contribution in [2.45, 2.75) is 25.8 Å². The SMILES string of the molecule is CC(=O)N1CCCC1C(=O)F. The summed E-state index contributed by atoms with van der Waals surface area (Å²) >= 11 is 0. The van der Waals surface area contributed by atoms with Crippen molar-refractivity contribution in [2.24, 2.45) is 0 Å². The van der Waals surface area contributed by atoms with Gasteiger partial charge in [-0.15, -0.1) is 0 Å². The van der Waals surface area contributed by atoms with E-state index in [-0.39, 0.29) is 5.91 Å². The second-order valence-electron chi connectivity index (χ2n) is 2.67. The van der Waals surface area contributed by atoms with Crippen LogP contribution in [-0.4, -0.2) is 29.4 Å². The number of likely N-dealkylation sites (tertiary alicyclic amines) is 1. The average Bonchev–Trinajstić information content (AvgIpc) is 2.32. The molecule has 62 valence electrons. The third kappa shape index (κ3) is 1.56. The summed E-state index contributed by atoms with van der Waals surface area (Å²) in [7, 11) is 0. The zero-order chi connectivity index (χ0) is 8.43. The highest BCUT2D eigenvalue weighted by Gasteiger charge is 2.32. The van der Waals surface area contributed by atoms with Gasteiger partial charge in [-0.2, -0.15) is 4.39 Å². The normalized spacial score (nSPS) is 23.8. The number of hydrogen-bond donors (Lipinski definition) is 0. The van der Waals surface area contributed by atoms with Crippen molar-refractivity contribution in [1.29, 1.82) is 0 Å². The topological polar surface area (TPSA) is 37.4 Å². The van der Waals surface area contributed by atoms with Crippen molar-refractivity contribution in [3.63, 3.8) is 0 Å². The quantitative estimate of drug-likeness (QED) is 0.522. The first kappa shape index (κ1) is 8.17. The van der Waals surface area contributed by atoms with Gasteiger partial charge in [0, 0.05) is 13.5 Å². The molecular formula is C7H10FNO2. The standard InChI is InChI=1S/C7H10FNO2/c1-5(10)9-4-2-3-6(9)7(8)11/h6H,2-4H2,1H3. The molecule has 1 aliphatic rings. The van der Waals surface area contributed by atoms with E-state index in [4.69, 9.17) is 0 Å². The predicted molar refractivity (Wildman–Crippen MR) is 36.5 cm³/mol. The van der Waals surface area contributed by atoms with Gasteiger partial charge in [-0.25, -0.2) is 0 Å². The maximum atomic E-state index is 12.2. The van der Waals surface area contributed by atoms with E-state index in [2.05, 4.69) is 0 Å². The molecule has 0 N–H and O–H groups in total. The number of rotatable bonds is 1. The van der Waals surface area contributed by atoms with Gasteiger partial charge in [0.2, 0.25) is 5.91 Å². The Hall–Kier alpha value is -0.930. The predicted octanol–water partition coefficient (Wildman–Crippen LogP) is 0.493. The Kier molecular flexibility index (Phi) is 2.22. The molecule has 3 nitrogen and oxygen atoms in total. The molecule has 1 fully saturated rings. The lowest BCUT2D eigenvalue weighted by Gasteiger charge is -2.18. The Balaban J connectivity index is 2.65. The molecular weight excluding hydrogens is 149 g/mol. The molecule has 0 spiro atoms. The van der Waals surface area contributed by atoms with Crippen molar-refractivity contribution in [3.8, 4) is 0 Å². The van der Waals surface area contributed by atoms with E-state index in [9.17, 15) is 14.0 Å². The largest absolute Gasteiger partial charge is 0.330 e. The van der Waals surface area contributed by atoms with Gasteiger partial charge in [0.25, 0.3) is 0 Å². The maximum Gasteiger partial charge on any atom is 0.323 e. The number of carbonyl (C=O) groups is 2. The molecule has 0 aromatic heterocycles. The van der Waals surface area contributed by atoms with Crippen LogP contribution in [0.5, 0.6) is 0 Å². The molecule has 1 atom stereocenters. The number of nitrogens with zero attached hydrogens (tertiary/aromatic N) is 1. The van der Waals surface area contributed by atoms with Crippen LogP contribution in [-0.2, 0) is 9.59 Å². The number of carbonyl (C=O) groups excluding carboxylic acids is 2. The Labute approximate surface area is 64.2 Å². The molecule has 0 aliphatic carbocycles. The van der Waals surface area contributed by atoms with Crippen molar-refractivity contribution in [3.05, 3.63) is 0 Å². The summed E-state index contributed by atoms with van der Waals surface area (Å²) < 4.78 is 12.2. The minimum Gasteiger partial charge on any atom is -0.330 e. The fraction of sp³-hybridized carbons (Fsp3) is 0.714. The highest BCUT2D eigenvalue weighted by Crippen LogP contribution is 2.17. The third-order valence-corrected chi connectivity index (χ3v) is 1.92. The first-order valence-electron chi connectivity index (χ1n) is 3.59. The van der Waals surface area contributed by atoms with Crippen LogP contribution in [0.15, 0.2) is 0 Å². The summed E-state index contributed by atoms with van der Waals surface area (Å²) in [6.07, 6.45) is 1.19. The number of hydrogen-bond acceptors (Lipinski definition) is 2. The van der Waals surface area contributed by atoms with Crippen molar-refractivity contribution in [1.82, 2.24) is 4.90 Å². The zero-order valence-corrected chi connectivity index (χ0v) is 6.34. The fourth-order valence-corrected chi connectivity index (χ4v) is 1.38. The minimum atomic E-state index is -1.39. The fourth-order valence-electron chi connectivity index (χ4n) is 1.38. The monoisotopic (exact) mass is 159 g/mol. The van der Waals surface area contributed by atoms with Gasteiger partial charge in [0.15, 0.2) is 0 Å².